The first-order valence-electron chi connectivity index (χ1n) is 9.99. The lowest BCUT2D eigenvalue weighted by atomic mass is 10.1. The normalized spacial score (nSPS) is 14.5. The third kappa shape index (κ3) is 4.47. The number of rotatable bonds is 6. The van der Waals surface area contributed by atoms with Gasteiger partial charge in [0.05, 0.1) is 19.1 Å². The van der Waals surface area contributed by atoms with Gasteiger partial charge in [0.25, 0.3) is 15.9 Å². The lowest BCUT2D eigenvalue weighted by molar-refractivity contribution is 0.0729. The van der Waals surface area contributed by atoms with Gasteiger partial charge in [-0.05, 0) is 61.0 Å². The van der Waals surface area contributed by atoms with Gasteiger partial charge in [-0.1, -0.05) is 0 Å². The Balaban J connectivity index is 1.61. The van der Waals surface area contributed by atoms with E-state index in [1.807, 2.05) is 17.0 Å². The number of carbonyl (C=O) groups is 1. The number of nitrogens with zero attached hydrogens (tertiary/aromatic N) is 1. The van der Waals surface area contributed by atoms with Crippen LogP contribution in [0.3, 0.4) is 0 Å². The van der Waals surface area contributed by atoms with E-state index in [4.69, 9.17) is 9.47 Å². The van der Waals surface area contributed by atoms with Gasteiger partial charge < -0.3 is 14.4 Å². The van der Waals surface area contributed by atoms with Gasteiger partial charge in [0.1, 0.15) is 16.4 Å². The highest BCUT2D eigenvalue weighted by Gasteiger charge is 2.22. The lowest BCUT2D eigenvalue weighted by Crippen LogP contribution is -2.35. The number of benzene rings is 2. The van der Waals surface area contributed by atoms with Crippen LogP contribution >= 0.6 is 11.3 Å². The van der Waals surface area contributed by atoms with Crippen molar-refractivity contribution in [2.75, 3.05) is 32.0 Å². The zero-order chi connectivity index (χ0) is 22.0. The van der Waals surface area contributed by atoms with Gasteiger partial charge in [0.15, 0.2) is 0 Å². The average Bonchev–Trinajstić information content (AvgIpc) is 3.21. The van der Waals surface area contributed by atoms with E-state index in [-0.39, 0.29) is 16.6 Å². The highest BCUT2D eigenvalue weighted by Crippen LogP contribution is 2.33. The Morgan fingerprint density at radius 2 is 1.77 bits per heavy atom. The number of carbonyl (C=O) groups excluding carboxylic acids is 1. The summed E-state index contributed by atoms with van der Waals surface area (Å²) in [6.07, 6.45) is 3.24. The maximum atomic E-state index is 13.0. The van der Waals surface area contributed by atoms with Crippen molar-refractivity contribution < 1.29 is 22.7 Å². The fourth-order valence-corrected chi connectivity index (χ4v) is 5.91. The van der Waals surface area contributed by atoms with E-state index >= 15 is 0 Å². The summed E-state index contributed by atoms with van der Waals surface area (Å²) in [4.78, 5) is 15.4. The van der Waals surface area contributed by atoms with Crippen molar-refractivity contribution in [1.82, 2.24) is 4.90 Å². The number of thiophene rings is 1. The number of ether oxygens (including phenoxy) is 2. The molecule has 0 radical (unpaired) electrons. The number of fused-ring (bicyclic) bond motifs is 1. The molecule has 0 bridgehead atoms. The van der Waals surface area contributed by atoms with Gasteiger partial charge in [-0.25, -0.2) is 8.42 Å². The molecule has 2 aromatic carbocycles. The molecule has 0 saturated carbocycles. The summed E-state index contributed by atoms with van der Waals surface area (Å²) in [5, 5.41) is 0.822. The van der Waals surface area contributed by atoms with Gasteiger partial charge in [0, 0.05) is 29.5 Å². The SMILES string of the molecule is COc1ccc(OC)c(S(=O)(=O)Nc2ccc3sc(C(=O)N4CCCCC4)cc3c2)c1. The number of anilines is 1. The van der Waals surface area contributed by atoms with Gasteiger partial charge in [0.2, 0.25) is 0 Å². The number of methoxy groups -OCH3 is 2. The maximum Gasteiger partial charge on any atom is 0.265 e. The van der Waals surface area contributed by atoms with Crippen LogP contribution in [0.2, 0.25) is 0 Å². The summed E-state index contributed by atoms with van der Waals surface area (Å²) >= 11 is 1.43. The summed E-state index contributed by atoms with van der Waals surface area (Å²) in [5.74, 6) is 0.679. The van der Waals surface area contributed by atoms with Crippen molar-refractivity contribution in [2.45, 2.75) is 24.2 Å². The number of likely N-dealkylation sites (tertiary alicyclic amines) is 1. The summed E-state index contributed by atoms with van der Waals surface area (Å²) in [6, 6.07) is 11.7. The minimum atomic E-state index is -3.91. The number of hydrogen-bond acceptors (Lipinski definition) is 6. The van der Waals surface area contributed by atoms with Crippen LogP contribution in [0.5, 0.6) is 11.5 Å². The van der Waals surface area contributed by atoms with E-state index in [0.717, 1.165) is 42.4 Å². The Bertz CT molecular complexity index is 1210. The fraction of sp³-hybridized carbons (Fsp3) is 0.318. The molecule has 164 valence electrons. The first-order valence-corrected chi connectivity index (χ1v) is 12.3. The average molecular weight is 461 g/mol. The monoisotopic (exact) mass is 460 g/mol. The van der Waals surface area contributed by atoms with Crippen LogP contribution in [0.15, 0.2) is 47.4 Å². The Morgan fingerprint density at radius 3 is 2.48 bits per heavy atom. The first kappa shape index (κ1) is 21.5. The minimum absolute atomic E-state index is 0.0132. The fourth-order valence-electron chi connectivity index (χ4n) is 3.67. The molecule has 1 aromatic heterocycles. The molecule has 1 amide bonds. The number of piperidine rings is 1. The molecule has 0 spiro atoms. The number of amides is 1. The topological polar surface area (TPSA) is 84.9 Å². The van der Waals surface area contributed by atoms with Crippen LogP contribution in [0.25, 0.3) is 10.1 Å². The predicted molar refractivity (Wildman–Crippen MR) is 122 cm³/mol. The zero-order valence-corrected chi connectivity index (χ0v) is 19.0. The largest absolute Gasteiger partial charge is 0.497 e. The van der Waals surface area contributed by atoms with E-state index < -0.39 is 10.0 Å². The second-order valence-corrected chi connectivity index (χ2v) is 10.1. The van der Waals surface area contributed by atoms with Crippen LogP contribution in [0.1, 0.15) is 28.9 Å². The molecule has 1 N–H and O–H groups in total. The molecule has 3 aromatic rings. The molecule has 0 atom stereocenters. The van der Waals surface area contributed by atoms with Crippen molar-refractivity contribution in [2.24, 2.45) is 0 Å². The van der Waals surface area contributed by atoms with Gasteiger partial charge in [-0.15, -0.1) is 11.3 Å². The molecule has 9 heteroatoms. The summed E-state index contributed by atoms with van der Waals surface area (Å²) in [7, 11) is -1.02. The third-order valence-electron chi connectivity index (χ3n) is 5.28. The summed E-state index contributed by atoms with van der Waals surface area (Å²) < 4.78 is 39.9. The van der Waals surface area contributed by atoms with Crippen LogP contribution in [-0.2, 0) is 10.0 Å². The lowest BCUT2D eigenvalue weighted by Gasteiger charge is -2.26. The van der Waals surface area contributed by atoms with E-state index in [0.29, 0.717) is 16.3 Å². The van der Waals surface area contributed by atoms with Crippen LogP contribution in [0, 0.1) is 0 Å². The molecule has 4 rings (SSSR count). The molecular formula is C22H24N2O5S2. The molecule has 1 fully saturated rings. The molecule has 7 nitrogen and oxygen atoms in total. The first-order chi connectivity index (χ1) is 14.9. The van der Waals surface area contributed by atoms with Crippen molar-refractivity contribution in [3.63, 3.8) is 0 Å². The number of nitrogens with one attached hydrogen (secondary N) is 1. The highest BCUT2D eigenvalue weighted by atomic mass is 32.2. The van der Waals surface area contributed by atoms with Gasteiger partial charge in [-0.2, -0.15) is 0 Å². The highest BCUT2D eigenvalue weighted by molar-refractivity contribution is 7.92. The third-order valence-corrected chi connectivity index (χ3v) is 7.79. The second kappa shape index (κ2) is 8.76. The van der Waals surface area contributed by atoms with E-state index in [9.17, 15) is 13.2 Å². The molecule has 0 aliphatic carbocycles. The Hall–Kier alpha value is -2.78. The number of hydrogen-bond donors (Lipinski definition) is 1. The quantitative estimate of drug-likeness (QED) is 0.591. The molecule has 31 heavy (non-hydrogen) atoms. The van der Waals surface area contributed by atoms with Gasteiger partial charge in [-0.3, -0.25) is 9.52 Å². The van der Waals surface area contributed by atoms with E-state index in [1.54, 1.807) is 24.3 Å². The predicted octanol–water partition coefficient (Wildman–Crippen LogP) is 4.35. The minimum Gasteiger partial charge on any atom is -0.497 e. The molecule has 1 aliphatic heterocycles. The Kier molecular flexibility index (Phi) is 6.06. The van der Waals surface area contributed by atoms with Crippen molar-refractivity contribution >= 4 is 43.0 Å². The Morgan fingerprint density at radius 1 is 1.00 bits per heavy atom. The smallest absolute Gasteiger partial charge is 0.265 e. The molecule has 2 heterocycles. The molecule has 1 aliphatic rings. The van der Waals surface area contributed by atoms with Crippen LogP contribution in [-0.4, -0.2) is 46.5 Å². The summed E-state index contributed by atoms with van der Waals surface area (Å²) in [6.45, 7) is 1.58. The van der Waals surface area contributed by atoms with Crippen LogP contribution < -0.4 is 14.2 Å². The standard InChI is InChI=1S/C22H24N2O5S2/c1-28-17-7-8-18(29-2)21(14-17)31(26,27)23-16-6-9-19-15(12-16)13-20(30-19)22(25)24-10-4-3-5-11-24/h6-9,12-14,23H,3-5,10-11H2,1-2H3. The Labute approximate surface area is 185 Å². The van der Waals surface area contributed by atoms with Crippen molar-refractivity contribution in [3.8, 4) is 11.5 Å². The maximum absolute atomic E-state index is 13.0. The molecule has 1 saturated heterocycles. The van der Waals surface area contributed by atoms with Crippen molar-refractivity contribution in [3.05, 3.63) is 47.3 Å². The van der Waals surface area contributed by atoms with Crippen LogP contribution in [0.4, 0.5) is 5.69 Å². The molecule has 0 unspecified atom stereocenters. The van der Waals surface area contributed by atoms with E-state index in [1.165, 1.54) is 31.6 Å². The zero-order valence-electron chi connectivity index (χ0n) is 17.4. The van der Waals surface area contributed by atoms with E-state index in [2.05, 4.69) is 4.72 Å². The van der Waals surface area contributed by atoms with Gasteiger partial charge >= 0.3 is 0 Å². The van der Waals surface area contributed by atoms with Crippen molar-refractivity contribution in [1.29, 1.82) is 0 Å². The molecular weight excluding hydrogens is 436 g/mol. The summed E-state index contributed by atoms with van der Waals surface area (Å²) in [5.41, 5.74) is 0.409. The second-order valence-electron chi connectivity index (χ2n) is 7.34. The number of sulfonamides is 1.